The van der Waals surface area contributed by atoms with Crippen LogP contribution in [0.2, 0.25) is 0 Å². The summed E-state index contributed by atoms with van der Waals surface area (Å²) in [5.74, 6) is 0. The van der Waals surface area contributed by atoms with E-state index in [1.54, 1.807) is 23.3 Å². The van der Waals surface area contributed by atoms with Crippen LogP contribution < -0.4 is 0 Å². The zero-order valence-corrected chi connectivity index (χ0v) is 10.6. The maximum atomic E-state index is 9.03. The lowest BCUT2D eigenvalue weighted by molar-refractivity contribution is 0.271. The van der Waals surface area contributed by atoms with Crippen LogP contribution in [0.3, 0.4) is 0 Å². The maximum Gasteiger partial charge on any atom is 0.158 e. The maximum absolute atomic E-state index is 9.03. The lowest BCUT2D eigenvalue weighted by Crippen LogP contribution is -2.04. The Balaban J connectivity index is 2.23. The predicted octanol–water partition coefficient (Wildman–Crippen LogP) is 1.79. The van der Waals surface area contributed by atoms with Crippen molar-refractivity contribution in [2.75, 3.05) is 6.61 Å². The summed E-state index contributed by atoms with van der Waals surface area (Å²) in [7, 11) is 0. The van der Waals surface area contributed by atoms with E-state index in [1.165, 1.54) is 0 Å². The topological polar surface area (TPSA) is 63.8 Å². The number of pyridine rings is 2. The normalized spacial score (nSPS) is 11.1. The summed E-state index contributed by atoms with van der Waals surface area (Å²) in [5, 5.41) is 14.3. The summed E-state index contributed by atoms with van der Waals surface area (Å²) in [6, 6.07) is 3.96. The van der Waals surface area contributed by atoms with Crippen molar-refractivity contribution in [1.29, 1.82) is 0 Å². The molecule has 0 saturated heterocycles. The Bertz CT molecular complexity index is 720. The lowest BCUT2D eigenvalue weighted by atomic mass is 10.0. The first-order valence-corrected chi connectivity index (χ1v) is 6.13. The Kier molecular flexibility index (Phi) is 2.97. The number of aryl methyl sites for hydroxylation is 1. The highest BCUT2D eigenvalue weighted by Crippen LogP contribution is 2.28. The summed E-state index contributed by atoms with van der Waals surface area (Å²) in [6.45, 7) is 2.56. The molecule has 0 aliphatic rings. The minimum atomic E-state index is 0.0502. The van der Waals surface area contributed by atoms with E-state index in [-0.39, 0.29) is 6.61 Å². The summed E-state index contributed by atoms with van der Waals surface area (Å²) in [5.41, 5.74) is 4.10. The van der Waals surface area contributed by atoms with Crippen molar-refractivity contribution in [2.24, 2.45) is 0 Å². The van der Waals surface area contributed by atoms with Gasteiger partial charge in [-0.1, -0.05) is 0 Å². The van der Waals surface area contributed by atoms with E-state index in [9.17, 15) is 0 Å². The Morgan fingerprint density at radius 3 is 2.84 bits per heavy atom. The Labute approximate surface area is 110 Å². The molecule has 0 aromatic carbocycles. The van der Waals surface area contributed by atoms with E-state index >= 15 is 0 Å². The van der Waals surface area contributed by atoms with Gasteiger partial charge in [0.15, 0.2) is 5.65 Å². The number of aliphatic hydroxyl groups excluding tert-OH is 1. The molecule has 0 unspecified atom stereocenters. The smallest absolute Gasteiger partial charge is 0.158 e. The van der Waals surface area contributed by atoms with E-state index in [4.69, 9.17) is 5.11 Å². The van der Waals surface area contributed by atoms with Gasteiger partial charge in [0.2, 0.25) is 0 Å². The third-order valence-electron chi connectivity index (χ3n) is 3.18. The molecule has 3 heterocycles. The molecule has 0 radical (unpaired) electrons. The van der Waals surface area contributed by atoms with Crippen LogP contribution in [-0.2, 0) is 6.54 Å². The van der Waals surface area contributed by atoms with Gasteiger partial charge in [0, 0.05) is 29.5 Å². The van der Waals surface area contributed by atoms with Crippen molar-refractivity contribution in [2.45, 2.75) is 13.5 Å². The van der Waals surface area contributed by atoms with Crippen LogP contribution in [0.5, 0.6) is 0 Å². The van der Waals surface area contributed by atoms with Gasteiger partial charge in [0.25, 0.3) is 0 Å². The van der Waals surface area contributed by atoms with Crippen LogP contribution in [0.15, 0.2) is 36.9 Å². The van der Waals surface area contributed by atoms with Crippen LogP contribution in [0.25, 0.3) is 22.2 Å². The molecule has 5 nitrogen and oxygen atoms in total. The molecule has 0 atom stereocenters. The number of aromatic nitrogens is 4. The zero-order valence-electron chi connectivity index (χ0n) is 10.6. The van der Waals surface area contributed by atoms with Crippen molar-refractivity contribution in [3.05, 3.63) is 42.5 Å². The molecule has 3 rings (SSSR count). The van der Waals surface area contributed by atoms with Crippen LogP contribution >= 0.6 is 0 Å². The molecule has 0 fully saturated rings. The fourth-order valence-corrected chi connectivity index (χ4v) is 2.22. The van der Waals surface area contributed by atoms with Gasteiger partial charge in [0.05, 0.1) is 19.3 Å². The van der Waals surface area contributed by atoms with Crippen LogP contribution in [-0.4, -0.2) is 31.5 Å². The molecule has 1 N–H and O–H groups in total. The van der Waals surface area contributed by atoms with E-state index in [1.807, 2.05) is 18.3 Å². The fourth-order valence-electron chi connectivity index (χ4n) is 2.22. The monoisotopic (exact) mass is 254 g/mol. The first-order chi connectivity index (χ1) is 9.31. The molecule has 19 heavy (non-hydrogen) atoms. The molecule has 3 aromatic heterocycles. The molecule has 0 bridgehead atoms. The summed E-state index contributed by atoms with van der Waals surface area (Å²) < 4.78 is 1.71. The molecule has 0 amide bonds. The van der Waals surface area contributed by atoms with Crippen molar-refractivity contribution in [3.63, 3.8) is 0 Å². The molecule has 5 heteroatoms. The molecule has 0 aliphatic heterocycles. The number of aliphatic hydroxyl groups is 1. The first kappa shape index (κ1) is 11.8. The number of nitrogens with zero attached hydrogens (tertiary/aromatic N) is 4. The van der Waals surface area contributed by atoms with Crippen LogP contribution in [0.4, 0.5) is 0 Å². The fraction of sp³-hybridized carbons (Fsp3) is 0.214. The quantitative estimate of drug-likeness (QED) is 0.774. The molecule has 3 aromatic rings. The minimum Gasteiger partial charge on any atom is -0.394 e. The number of hydrogen-bond donors (Lipinski definition) is 1. The molecular formula is C14H14N4O. The van der Waals surface area contributed by atoms with Crippen molar-refractivity contribution in [1.82, 2.24) is 19.7 Å². The Hall–Kier alpha value is -2.27. The van der Waals surface area contributed by atoms with Gasteiger partial charge in [-0.2, -0.15) is 5.10 Å². The summed E-state index contributed by atoms with van der Waals surface area (Å²) in [6.07, 6.45) is 7.19. The highest BCUT2D eigenvalue weighted by Gasteiger charge is 2.11. The third-order valence-corrected chi connectivity index (χ3v) is 3.18. The molecule has 0 spiro atoms. The molecule has 96 valence electrons. The molecular weight excluding hydrogens is 240 g/mol. The Morgan fingerprint density at radius 2 is 2.05 bits per heavy atom. The van der Waals surface area contributed by atoms with Crippen molar-refractivity contribution < 1.29 is 5.11 Å². The third kappa shape index (κ3) is 1.98. The number of hydrogen-bond acceptors (Lipinski definition) is 4. The van der Waals surface area contributed by atoms with E-state index in [2.05, 4.69) is 22.0 Å². The second-order valence-corrected chi connectivity index (χ2v) is 4.38. The Morgan fingerprint density at radius 1 is 1.16 bits per heavy atom. The van der Waals surface area contributed by atoms with E-state index in [0.29, 0.717) is 6.54 Å². The van der Waals surface area contributed by atoms with Gasteiger partial charge in [-0.3, -0.25) is 4.98 Å². The molecule has 0 saturated carbocycles. The largest absolute Gasteiger partial charge is 0.394 e. The zero-order chi connectivity index (χ0) is 13.2. The van der Waals surface area contributed by atoms with Crippen molar-refractivity contribution >= 4 is 11.0 Å². The van der Waals surface area contributed by atoms with E-state index < -0.39 is 0 Å². The lowest BCUT2D eigenvalue weighted by Gasteiger charge is -2.06. The predicted molar refractivity (Wildman–Crippen MR) is 72.6 cm³/mol. The van der Waals surface area contributed by atoms with Crippen molar-refractivity contribution in [3.8, 4) is 11.1 Å². The molecule has 0 aliphatic carbocycles. The summed E-state index contributed by atoms with van der Waals surface area (Å²) >= 11 is 0. The second-order valence-electron chi connectivity index (χ2n) is 4.38. The first-order valence-electron chi connectivity index (χ1n) is 6.13. The van der Waals surface area contributed by atoms with Crippen LogP contribution in [0, 0.1) is 6.92 Å². The average molecular weight is 254 g/mol. The van der Waals surface area contributed by atoms with Gasteiger partial charge in [-0.25, -0.2) is 9.67 Å². The minimum absolute atomic E-state index is 0.0502. The van der Waals surface area contributed by atoms with Crippen LogP contribution in [0.1, 0.15) is 5.56 Å². The number of fused-ring (bicyclic) bond motifs is 1. The highest BCUT2D eigenvalue weighted by molar-refractivity contribution is 5.92. The standard InChI is InChI=1S/C14H14N4O/c1-10-2-4-15-8-12(10)11-3-5-16-14-13(11)9-17-18(14)6-7-19/h2-5,8-9,19H,6-7H2,1H3. The van der Waals surface area contributed by atoms with Gasteiger partial charge >= 0.3 is 0 Å². The van der Waals surface area contributed by atoms with Gasteiger partial charge in [-0.15, -0.1) is 0 Å². The van der Waals surface area contributed by atoms with E-state index in [0.717, 1.165) is 27.7 Å². The highest BCUT2D eigenvalue weighted by atomic mass is 16.3. The average Bonchev–Trinajstić information content (AvgIpc) is 2.83. The SMILES string of the molecule is Cc1ccncc1-c1ccnc2c1cnn2CCO. The number of rotatable bonds is 3. The summed E-state index contributed by atoms with van der Waals surface area (Å²) in [4.78, 5) is 8.53. The van der Waals surface area contributed by atoms with Gasteiger partial charge in [-0.05, 0) is 30.2 Å². The second kappa shape index (κ2) is 4.78. The van der Waals surface area contributed by atoms with Gasteiger partial charge in [0.1, 0.15) is 0 Å². The van der Waals surface area contributed by atoms with Gasteiger partial charge < -0.3 is 5.11 Å².